The Morgan fingerprint density at radius 1 is 1.35 bits per heavy atom. The molecule has 1 aliphatic carbocycles. The number of aliphatic hydroxyl groups is 1. The summed E-state index contributed by atoms with van der Waals surface area (Å²) in [5.41, 5.74) is 5.49. The molecule has 1 aromatic rings. The number of hydrogen-bond donors (Lipinski definition) is 4. The lowest BCUT2D eigenvalue weighted by Crippen LogP contribution is -2.36. The van der Waals surface area contributed by atoms with Crippen molar-refractivity contribution in [1.82, 2.24) is 0 Å². The fourth-order valence-corrected chi connectivity index (χ4v) is 2.23. The van der Waals surface area contributed by atoms with Gasteiger partial charge in [0, 0.05) is 6.07 Å². The van der Waals surface area contributed by atoms with Gasteiger partial charge in [0.1, 0.15) is 0 Å². The number of phenols is 2. The number of nitro benzene ring substituents is 1. The number of nitrogens with two attached hydrogens (primary N) is 1. The van der Waals surface area contributed by atoms with Crippen LogP contribution in [-0.4, -0.2) is 26.3 Å². The van der Waals surface area contributed by atoms with Crippen LogP contribution in [-0.2, 0) is 0 Å². The first-order chi connectivity index (χ1) is 8.91. The fraction of sp³-hybridized carbons (Fsp3) is 0.500. The highest BCUT2D eigenvalue weighted by Gasteiger charge is 2.32. The highest BCUT2D eigenvalue weighted by atomic mass is 35.5. The van der Waals surface area contributed by atoms with Crippen LogP contribution >= 0.6 is 12.4 Å². The molecule has 2 rings (SSSR count). The molecule has 0 aliphatic heterocycles. The van der Waals surface area contributed by atoms with E-state index in [9.17, 15) is 25.4 Å². The number of hydrogen-bond acceptors (Lipinski definition) is 6. The van der Waals surface area contributed by atoms with Crippen LogP contribution in [0, 0.1) is 16.0 Å². The lowest BCUT2D eigenvalue weighted by atomic mass is 9.77. The van der Waals surface area contributed by atoms with Crippen molar-refractivity contribution in [2.45, 2.75) is 31.4 Å². The molecule has 0 unspecified atom stereocenters. The SMILES string of the molecule is Cl.N[C@H](c1cc(O)c(O)c([N+](=O)[O-])c1)[C@@H](O)C1CCC1. The van der Waals surface area contributed by atoms with Crippen molar-refractivity contribution in [2.24, 2.45) is 11.7 Å². The first-order valence-electron chi connectivity index (χ1n) is 6.05. The van der Waals surface area contributed by atoms with E-state index in [2.05, 4.69) is 0 Å². The fourth-order valence-electron chi connectivity index (χ4n) is 2.23. The predicted molar refractivity (Wildman–Crippen MR) is 74.0 cm³/mol. The van der Waals surface area contributed by atoms with Gasteiger partial charge in [0.25, 0.3) is 0 Å². The third-order valence-electron chi connectivity index (χ3n) is 3.67. The quantitative estimate of drug-likeness (QED) is 0.379. The summed E-state index contributed by atoms with van der Waals surface area (Å²) in [7, 11) is 0. The van der Waals surface area contributed by atoms with Gasteiger partial charge in [0.15, 0.2) is 5.75 Å². The van der Waals surface area contributed by atoms with Crippen LogP contribution in [0.3, 0.4) is 0 Å². The van der Waals surface area contributed by atoms with Crippen LogP contribution in [0.2, 0.25) is 0 Å². The summed E-state index contributed by atoms with van der Waals surface area (Å²) in [5.74, 6) is -1.32. The smallest absolute Gasteiger partial charge is 0.314 e. The zero-order valence-electron chi connectivity index (χ0n) is 10.6. The molecule has 0 amide bonds. The van der Waals surface area contributed by atoms with Crippen LogP contribution < -0.4 is 5.73 Å². The lowest BCUT2D eigenvalue weighted by molar-refractivity contribution is -0.386. The normalized spacial score (nSPS) is 17.7. The third kappa shape index (κ3) is 2.95. The van der Waals surface area contributed by atoms with E-state index in [1.54, 1.807) is 0 Å². The molecule has 0 saturated heterocycles. The number of aliphatic hydroxyl groups excluding tert-OH is 1. The van der Waals surface area contributed by atoms with Gasteiger partial charge in [0.05, 0.1) is 17.1 Å². The summed E-state index contributed by atoms with van der Waals surface area (Å²) in [5, 5.41) is 39.7. The largest absolute Gasteiger partial charge is 0.504 e. The van der Waals surface area contributed by atoms with Crippen molar-refractivity contribution in [1.29, 1.82) is 0 Å². The van der Waals surface area contributed by atoms with Crippen molar-refractivity contribution >= 4 is 18.1 Å². The third-order valence-corrected chi connectivity index (χ3v) is 3.67. The predicted octanol–water partition coefficient (Wildman–Crippen LogP) is 1.59. The Labute approximate surface area is 121 Å². The molecule has 112 valence electrons. The molecule has 5 N–H and O–H groups in total. The number of nitrogens with zero attached hydrogens (tertiary/aromatic N) is 1. The highest BCUT2D eigenvalue weighted by Crippen LogP contribution is 2.40. The Morgan fingerprint density at radius 3 is 2.40 bits per heavy atom. The van der Waals surface area contributed by atoms with Gasteiger partial charge in [0.2, 0.25) is 5.75 Å². The van der Waals surface area contributed by atoms with E-state index in [1.165, 1.54) is 0 Å². The van der Waals surface area contributed by atoms with E-state index < -0.39 is 34.3 Å². The van der Waals surface area contributed by atoms with Gasteiger partial charge in [-0.05, 0) is 30.4 Å². The van der Waals surface area contributed by atoms with Gasteiger partial charge in [-0.3, -0.25) is 10.1 Å². The summed E-state index contributed by atoms with van der Waals surface area (Å²) in [6.07, 6.45) is 1.98. The van der Waals surface area contributed by atoms with E-state index in [0.29, 0.717) is 0 Å². The lowest BCUT2D eigenvalue weighted by Gasteiger charge is -2.33. The Morgan fingerprint density at radius 2 is 1.95 bits per heavy atom. The maximum absolute atomic E-state index is 10.8. The van der Waals surface area contributed by atoms with E-state index >= 15 is 0 Å². The average Bonchev–Trinajstić information content (AvgIpc) is 2.28. The van der Waals surface area contributed by atoms with Crippen LogP contribution in [0.4, 0.5) is 5.69 Å². The molecule has 20 heavy (non-hydrogen) atoms. The van der Waals surface area contributed by atoms with E-state index in [0.717, 1.165) is 31.4 Å². The average molecular weight is 305 g/mol. The second-order valence-corrected chi connectivity index (χ2v) is 4.87. The Hall–Kier alpha value is -1.57. The standard InChI is InChI=1S/C12H16N2O5.ClH/c13-10(11(16)6-2-1-3-6)7-4-8(14(18)19)12(17)9(15)5-7;/h4-6,10-11,15-17H,1-3,13H2;1H/t10-,11+;/m1./s1. The minimum Gasteiger partial charge on any atom is -0.504 e. The molecule has 1 aromatic carbocycles. The minimum absolute atomic E-state index is 0. The molecule has 8 heteroatoms. The summed E-state index contributed by atoms with van der Waals surface area (Å²) in [4.78, 5) is 9.95. The van der Waals surface area contributed by atoms with Gasteiger partial charge in [-0.25, -0.2) is 0 Å². The number of benzene rings is 1. The summed E-state index contributed by atoms with van der Waals surface area (Å²) >= 11 is 0. The second kappa shape index (κ2) is 6.25. The summed E-state index contributed by atoms with van der Waals surface area (Å²) in [6.45, 7) is 0. The van der Waals surface area contributed by atoms with Gasteiger partial charge in [-0.2, -0.15) is 0 Å². The summed E-state index contributed by atoms with van der Waals surface area (Å²) in [6, 6.07) is 1.41. The van der Waals surface area contributed by atoms with E-state index in [1.807, 2.05) is 0 Å². The number of nitro groups is 1. The van der Waals surface area contributed by atoms with Crippen molar-refractivity contribution in [3.8, 4) is 11.5 Å². The van der Waals surface area contributed by atoms with Gasteiger partial charge >= 0.3 is 5.69 Å². The molecule has 1 fully saturated rings. The van der Waals surface area contributed by atoms with E-state index in [4.69, 9.17) is 5.73 Å². The Bertz CT molecular complexity index is 507. The monoisotopic (exact) mass is 304 g/mol. The molecule has 0 aromatic heterocycles. The van der Waals surface area contributed by atoms with Crippen molar-refractivity contribution in [3.63, 3.8) is 0 Å². The van der Waals surface area contributed by atoms with Crippen LogP contribution in [0.1, 0.15) is 30.9 Å². The van der Waals surface area contributed by atoms with Crippen molar-refractivity contribution < 1.29 is 20.2 Å². The maximum Gasteiger partial charge on any atom is 0.314 e. The molecular formula is C12H17ClN2O5. The molecule has 0 spiro atoms. The number of rotatable bonds is 4. The first kappa shape index (κ1) is 16.5. The highest BCUT2D eigenvalue weighted by molar-refractivity contribution is 5.85. The Kier molecular flexibility index (Phi) is 5.15. The summed E-state index contributed by atoms with van der Waals surface area (Å²) < 4.78 is 0. The maximum atomic E-state index is 10.8. The number of aromatic hydroxyl groups is 2. The second-order valence-electron chi connectivity index (χ2n) is 4.87. The molecule has 7 nitrogen and oxygen atoms in total. The van der Waals surface area contributed by atoms with Gasteiger partial charge in [-0.1, -0.05) is 6.42 Å². The number of phenolic OH excluding ortho intramolecular Hbond substituents is 2. The minimum atomic E-state index is -0.824. The van der Waals surface area contributed by atoms with Gasteiger partial charge < -0.3 is 21.1 Å². The van der Waals surface area contributed by atoms with Crippen LogP contribution in [0.5, 0.6) is 11.5 Å². The van der Waals surface area contributed by atoms with Crippen molar-refractivity contribution in [2.75, 3.05) is 0 Å². The first-order valence-corrected chi connectivity index (χ1v) is 6.05. The van der Waals surface area contributed by atoms with Gasteiger partial charge in [-0.15, -0.1) is 12.4 Å². The van der Waals surface area contributed by atoms with Crippen LogP contribution in [0.15, 0.2) is 12.1 Å². The molecule has 0 bridgehead atoms. The zero-order chi connectivity index (χ0) is 14.2. The molecule has 2 atom stereocenters. The molecule has 1 saturated carbocycles. The topological polar surface area (TPSA) is 130 Å². The number of halogens is 1. The zero-order valence-corrected chi connectivity index (χ0v) is 11.4. The van der Waals surface area contributed by atoms with Crippen molar-refractivity contribution in [3.05, 3.63) is 27.8 Å². The Balaban J connectivity index is 0.00000200. The molecular weight excluding hydrogens is 288 g/mol. The van der Waals surface area contributed by atoms with E-state index in [-0.39, 0.29) is 23.9 Å². The van der Waals surface area contributed by atoms with Crippen LogP contribution in [0.25, 0.3) is 0 Å². The molecule has 0 radical (unpaired) electrons. The molecule has 1 aliphatic rings. The molecule has 0 heterocycles.